The zero-order valence-corrected chi connectivity index (χ0v) is 85.1. The van der Waals surface area contributed by atoms with Crippen LogP contribution in [0.1, 0.15) is 156 Å². The molecule has 18 aromatic heterocycles. The molecule has 2 saturated carbocycles. The van der Waals surface area contributed by atoms with Gasteiger partial charge in [0.15, 0.2) is 16.3 Å². The van der Waals surface area contributed by atoms with Crippen molar-refractivity contribution < 1.29 is 4.42 Å². The smallest absolute Gasteiger partial charge is 0.196 e. The van der Waals surface area contributed by atoms with Gasteiger partial charge in [0, 0.05) is 148 Å². The van der Waals surface area contributed by atoms with Crippen LogP contribution in [0, 0.1) is 94.4 Å². The molecule has 19 heteroatoms. The zero-order chi connectivity index (χ0) is 84.1. The van der Waals surface area contributed by atoms with E-state index in [-0.39, 0.29) is 0 Å². The number of fused-ring (bicyclic) bond motifs is 24. The van der Waals surface area contributed by atoms with Crippen molar-refractivity contribution in [1.29, 1.82) is 0 Å². The van der Waals surface area contributed by atoms with Crippen LogP contribution in [0.2, 0.25) is 0 Å². The molecule has 2 nitrogen and oxygen atoms in total. The molecule has 0 unspecified atom stereocenters. The average molecular weight is 1910 g/mol. The van der Waals surface area contributed by atoms with E-state index < -0.39 is 0 Å². The number of oxazole rings is 1. The van der Waals surface area contributed by atoms with Crippen LogP contribution in [0.5, 0.6) is 0 Å². The Morgan fingerprint density at radius 1 is 0.328 bits per heavy atom. The normalized spacial score (nSPS) is 13.6. The molecule has 6 aromatic carbocycles. The van der Waals surface area contributed by atoms with Crippen LogP contribution in [-0.4, -0.2) is 4.98 Å². The fraction of sp³-hybridized carbons (Fsp3) is 0.272. The van der Waals surface area contributed by atoms with Crippen molar-refractivity contribution in [2.75, 3.05) is 0 Å². The number of aryl methyl sites for hydroxylation is 12. The third kappa shape index (κ3) is 17.8. The Morgan fingerprint density at radius 2 is 0.754 bits per heavy atom. The summed E-state index contributed by atoms with van der Waals surface area (Å²) in [6, 6.07) is 62.9. The quantitative estimate of drug-likeness (QED) is 0.172. The maximum Gasteiger partial charge on any atom is 0.196 e. The van der Waals surface area contributed by atoms with Gasteiger partial charge in [-0.1, -0.05) is 138 Å². The summed E-state index contributed by atoms with van der Waals surface area (Å²) < 4.78 is 40.8. The van der Waals surface area contributed by atoms with Crippen LogP contribution in [0.25, 0.3) is 156 Å². The average Bonchev–Trinajstić information content (AvgIpc) is 1.56. The van der Waals surface area contributed by atoms with Gasteiger partial charge in [-0.2, -0.15) is 0 Å². The first kappa shape index (κ1) is 85.0. The molecule has 122 heavy (non-hydrogen) atoms. The molecule has 0 N–H and O–H groups in total. The highest BCUT2D eigenvalue weighted by Gasteiger charge is 2.32. The lowest BCUT2D eigenvalue weighted by Crippen LogP contribution is -2.14. The van der Waals surface area contributed by atoms with Crippen molar-refractivity contribution in [2.24, 2.45) is 11.3 Å². The minimum atomic E-state index is 0.414. The lowest BCUT2D eigenvalue weighted by Gasteiger charge is -2.20. The number of hydrogen-bond acceptors (Lipinski definition) is 19. The van der Waals surface area contributed by atoms with Crippen LogP contribution >= 0.6 is 193 Å². The van der Waals surface area contributed by atoms with Gasteiger partial charge in [-0.25, -0.2) is 4.98 Å². The van der Waals surface area contributed by atoms with Gasteiger partial charge in [0.25, 0.3) is 0 Å². The summed E-state index contributed by atoms with van der Waals surface area (Å²) in [6.45, 7) is 33.0. The molecule has 0 spiro atoms. The van der Waals surface area contributed by atoms with Gasteiger partial charge in [-0.3, -0.25) is 0 Å². The molecular weight excluding hydrogens is 1810 g/mol. The van der Waals surface area contributed by atoms with Gasteiger partial charge in [0.1, 0.15) is 0 Å². The van der Waals surface area contributed by atoms with Gasteiger partial charge < -0.3 is 4.42 Å². The standard InChI is InChI=1S/C15H17NOS2.C15H16S3.C14H14S2.4C12H10S2.C11H8S2/c1-9-7-10-13(18-9)12-14(19-10)16-11(17-12)8-15(2)5-3-4-6-15;1-9-6-12-14(16-9)15-13(18-12)8-11(17-15)7-10-4-2-3-5-10;1-8(2)10-4-5-12-11(7-10)14-13(16-12)6-9(3)15-14;1-7-3-4-10-9(5-7)12-11(14-10)6-8(2)13-12;1-7-3-4-9-10(5-7)14-11-6-8(2)13-12(9)11;1-7-4-3-5-9-11(7)12-10(14-9)6-8(2)13-12;1-7-4-3-5-9-11(7)14-10-6-8(2)13-12(9)10;1-7-6-10-11(12-7)8-4-2-3-5-9(8)13-10/h7H,3-6,8H2,1-2H3;6,8,10H,2-5,7H2,1H3;4-8H,1-3H3;4*3-6H,1-2H3;2-6H,1H3. The summed E-state index contributed by atoms with van der Waals surface area (Å²) in [4.78, 5) is 18.7. The molecule has 620 valence electrons. The van der Waals surface area contributed by atoms with Crippen LogP contribution < -0.4 is 0 Å². The second-order valence-electron chi connectivity index (χ2n) is 33.7. The van der Waals surface area contributed by atoms with E-state index in [1.165, 1.54) is 265 Å². The Morgan fingerprint density at radius 3 is 1.38 bits per heavy atom. The molecule has 0 saturated heterocycles. The Balaban J connectivity index is 0.0000000921. The second kappa shape index (κ2) is 35.7. The molecule has 0 bridgehead atoms. The highest BCUT2D eigenvalue weighted by molar-refractivity contribution is 7.39. The van der Waals surface area contributed by atoms with Crippen molar-refractivity contribution in [1.82, 2.24) is 4.98 Å². The minimum Gasteiger partial charge on any atom is -0.438 e. The Labute approximate surface area is 781 Å². The number of nitrogens with zero attached hydrogens (tertiary/aromatic N) is 1. The lowest BCUT2D eigenvalue weighted by atomic mass is 9.85. The van der Waals surface area contributed by atoms with Gasteiger partial charge in [0.05, 0.1) is 47.0 Å². The number of benzene rings is 6. The van der Waals surface area contributed by atoms with Crippen molar-refractivity contribution in [3.63, 3.8) is 0 Å². The predicted molar refractivity (Wildman–Crippen MR) is 572 cm³/mol. The molecule has 0 amide bonds. The molecule has 26 rings (SSSR count). The van der Waals surface area contributed by atoms with E-state index in [0.29, 0.717) is 11.3 Å². The van der Waals surface area contributed by atoms with E-state index in [1.54, 1.807) is 20.9 Å². The van der Waals surface area contributed by atoms with Crippen LogP contribution in [0.3, 0.4) is 0 Å². The first-order valence-electron chi connectivity index (χ1n) is 42.0. The Bertz CT molecular complexity index is 7880. The molecule has 2 fully saturated rings. The van der Waals surface area contributed by atoms with E-state index in [1.807, 2.05) is 170 Å². The number of aromatic nitrogens is 1. The van der Waals surface area contributed by atoms with E-state index >= 15 is 0 Å². The molecule has 0 atom stereocenters. The van der Waals surface area contributed by atoms with Crippen molar-refractivity contribution >= 4 is 348 Å². The summed E-state index contributed by atoms with van der Waals surface area (Å²) >= 11 is 32.5. The largest absolute Gasteiger partial charge is 0.438 e. The predicted octanol–water partition coefficient (Wildman–Crippen LogP) is 40.7. The van der Waals surface area contributed by atoms with E-state index in [9.17, 15) is 0 Å². The van der Waals surface area contributed by atoms with Crippen molar-refractivity contribution in [2.45, 2.75) is 174 Å². The van der Waals surface area contributed by atoms with Gasteiger partial charge >= 0.3 is 0 Å². The van der Waals surface area contributed by atoms with Gasteiger partial charge in [-0.15, -0.1) is 193 Å². The van der Waals surface area contributed by atoms with Gasteiger partial charge in [-0.05, 0) is 239 Å². The second-order valence-corrected chi connectivity index (χ2v) is 53.5. The highest BCUT2D eigenvalue weighted by atomic mass is 32.2. The van der Waals surface area contributed by atoms with Crippen LogP contribution in [-0.2, 0) is 12.8 Å². The summed E-state index contributed by atoms with van der Waals surface area (Å²) in [7, 11) is 0. The molecule has 2 aliphatic carbocycles. The molecule has 0 aliphatic heterocycles. The topological polar surface area (TPSA) is 26.0 Å². The van der Waals surface area contributed by atoms with E-state index in [0.717, 1.165) is 28.6 Å². The maximum absolute atomic E-state index is 6.07. The monoisotopic (exact) mass is 1910 g/mol. The molecule has 0 radical (unpaired) electrons. The summed E-state index contributed by atoms with van der Waals surface area (Å²) in [5.41, 5.74) is 8.38. The zero-order valence-electron chi connectivity index (χ0n) is 71.2. The fourth-order valence-corrected chi connectivity index (χ4v) is 38.5. The Kier molecular flexibility index (Phi) is 24.9. The third-order valence-electron chi connectivity index (χ3n) is 23.2. The van der Waals surface area contributed by atoms with Crippen molar-refractivity contribution in [3.05, 3.63) is 247 Å². The highest BCUT2D eigenvalue weighted by Crippen LogP contribution is 2.50. The van der Waals surface area contributed by atoms with Crippen molar-refractivity contribution in [3.8, 4) is 0 Å². The number of hydrogen-bond donors (Lipinski definition) is 0. The SMILES string of the molecule is Cc1cc2sc3c(C)cccc3c2s1.Cc1cc2sc3cc(CC4CCCC4)sc3c2s1.Cc1cc2sc3ccc(C(C)C)cc3c2s1.Cc1cc2sc3cccc(C)c3c2s1.Cc1cc2sc3ccccc3c2s1.Cc1cc2sc3nc(CC4(C)CCCC4)oc3c2s1.Cc1ccc2c(c1)sc1cc(C)sc12.Cc1ccc2sc3cc(C)sc3c2c1. The Hall–Kier alpha value is -6.41. The summed E-state index contributed by atoms with van der Waals surface area (Å²) in [6.07, 6.45) is 13.5. The number of thiophene rings is 17. The lowest BCUT2D eigenvalue weighted by molar-refractivity contribution is 0.303. The summed E-state index contributed by atoms with van der Waals surface area (Å²) in [5, 5.41) is 8.62. The van der Waals surface area contributed by atoms with Crippen LogP contribution in [0.15, 0.2) is 174 Å². The maximum atomic E-state index is 6.07. The molecular formula is C103H95NOS17. The van der Waals surface area contributed by atoms with Crippen LogP contribution in [0.4, 0.5) is 0 Å². The third-order valence-corrected chi connectivity index (χ3v) is 43.2. The first-order valence-corrected chi connectivity index (χ1v) is 55.8. The van der Waals surface area contributed by atoms with E-state index in [4.69, 9.17) is 9.40 Å². The van der Waals surface area contributed by atoms with Gasteiger partial charge in [0.2, 0.25) is 0 Å². The van der Waals surface area contributed by atoms with E-state index in [2.05, 4.69) is 285 Å². The molecule has 24 aromatic rings. The molecule has 18 heterocycles. The minimum absolute atomic E-state index is 0.414. The molecule has 2 aliphatic rings. The fourth-order valence-electron chi connectivity index (χ4n) is 17.3. The first-order chi connectivity index (χ1) is 58.9. The number of rotatable bonds is 5. The summed E-state index contributed by atoms with van der Waals surface area (Å²) in [5.74, 6) is 2.53.